The number of halogens is 3. The van der Waals surface area contributed by atoms with Gasteiger partial charge in [0.1, 0.15) is 6.61 Å². The maximum atomic E-state index is 12.2. The molecule has 1 atom stereocenters. The van der Waals surface area contributed by atoms with Crippen LogP contribution in [0.3, 0.4) is 0 Å². The van der Waals surface area contributed by atoms with Crippen LogP contribution in [0, 0.1) is 0 Å². The predicted molar refractivity (Wildman–Crippen MR) is 95.6 cm³/mol. The van der Waals surface area contributed by atoms with E-state index in [4.69, 9.17) is 9.47 Å². The molecule has 0 aliphatic rings. The number of carbonyl (C=O) groups excluding carboxylic acids is 2. The van der Waals surface area contributed by atoms with Crippen LogP contribution in [0.5, 0.6) is 11.5 Å². The van der Waals surface area contributed by atoms with Crippen LogP contribution in [0.2, 0.25) is 0 Å². The SMILES string of the molecule is CCOc1ccc(C(=O)NCC(=O)NC(C)COCC(F)(F)F)cc1OCC. The standard InChI is InChI=1S/C18H25F3N2O5/c1-4-27-14-7-6-13(8-15(14)28-5-2)17(25)22-9-16(24)23-12(3)10-26-11-18(19,20)21/h6-8,12H,4-5,9-11H2,1-3H3,(H,22,25)(H,23,24). The Morgan fingerprint density at radius 2 is 1.75 bits per heavy atom. The molecule has 1 unspecified atom stereocenters. The molecule has 0 aliphatic carbocycles. The molecule has 1 aromatic rings. The normalized spacial score (nSPS) is 12.2. The van der Waals surface area contributed by atoms with Crippen LogP contribution in [0.15, 0.2) is 18.2 Å². The lowest BCUT2D eigenvalue weighted by Crippen LogP contribution is -2.42. The van der Waals surface area contributed by atoms with Crippen molar-refractivity contribution >= 4 is 11.8 Å². The number of carbonyl (C=O) groups is 2. The summed E-state index contributed by atoms with van der Waals surface area (Å²) in [6.07, 6.45) is -4.42. The highest BCUT2D eigenvalue weighted by Crippen LogP contribution is 2.28. The summed E-state index contributed by atoms with van der Waals surface area (Å²) in [5.41, 5.74) is 0.279. The lowest BCUT2D eigenvalue weighted by Gasteiger charge is -2.15. The van der Waals surface area contributed by atoms with Gasteiger partial charge in [0, 0.05) is 11.6 Å². The summed E-state index contributed by atoms with van der Waals surface area (Å²) < 4.78 is 51.4. The summed E-state index contributed by atoms with van der Waals surface area (Å²) in [7, 11) is 0. The summed E-state index contributed by atoms with van der Waals surface area (Å²) >= 11 is 0. The van der Waals surface area contributed by atoms with Gasteiger partial charge in [-0.2, -0.15) is 13.2 Å². The van der Waals surface area contributed by atoms with E-state index in [0.29, 0.717) is 24.7 Å². The maximum absolute atomic E-state index is 12.2. The second kappa shape index (κ2) is 11.4. The van der Waals surface area contributed by atoms with E-state index in [1.54, 1.807) is 13.0 Å². The van der Waals surface area contributed by atoms with E-state index < -0.39 is 30.6 Å². The number of alkyl halides is 3. The Hall–Kier alpha value is -2.49. The molecule has 0 aromatic heterocycles. The number of hydrogen-bond acceptors (Lipinski definition) is 5. The average Bonchev–Trinajstić information content (AvgIpc) is 2.60. The first-order valence-corrected chi connectivity index (χ1v) is 8.78. The first-order valence-electron chi connectivity index (χ1n) is 8.78. The Morgan fingerprint density at radius 1 is 1.11 bits per heavy atom. The first-order chi connectivity index (χ1) is 13.2. The third kappa shape index (κ3) is 8.94. The minimum atomic E-state index is -4.42. The smallest absolute Gasteiger partial charge is 0.411 e. The number of benzene rings is 1. The van der Waals surface area contributed by atoms with Crippen molar-refractivity contribution in [3.63, 3.8) is 0 Å². The minimum absolute atomic E-state index is 0.279. The zero-order chi connectivity index (χ0) is 21.2. The molecule has 10 heteroatoms. The van der Waals surface area contributed by atoms with Gasteiger partial charge < -0.3 is 24.8 Å². The zero-order valence-corrected chi connectivity index (χ0v) is 16.0. The van der Waals surface area contributed by atoms with Gasteiger partial charge in [-0.05, 0) is 39.0 Å². The Morgan fingerprint density at radius 3 is 2.36 bits per heavy atom. The first kappa shape index (κ1) is 23.5. The quantitative estimate of drug-likeness (QED) is 0.589. The van der Waals surface area contributed by atoms with E-state index in [-0.39, 0.29) is 18.7 Å². The molecule has 0 saturated heterocycles. The summed E-state index contributed by atoms with van der Waals surface area (Å²) in [5.74, 6) is -0.129. The molecule has 0 fully saturated rings. The third-order valence-electron chi connectivity index (χ3n) is 3.26. The second-order valence-corrected chi connectivity index (χ2v) is 5.81. The molecule has 2 amide bonds. The molecule has 2 N–H and O–H groups in total. The Labute approximate surface area is 161 Å². The van der Waals surface area contributed by atoms with Gasteiger partial charge in [0.25, 0.3) is 5.91 Å². The van der Waals surface area contributed by atoms with Crippen LogP contribution in [-0.2, 0) is 9.53 Å². The van der Waals surface area contributed by atoms with Crippen molar-refractivity contribution in [3.8, 4) is 11.5 Å². The average molecular weight is 406 g/mol. The molecule has 7 nitrogen and oxygen atoms in total. The van der Waals surface area contributed by atoms with Crippen LogP contribution in [0.25, 0.3) is 0 Å². The van der Waals surface area contributed by atoms with Gasteiger partial charge in [0.05, 0.1) is 26.4 Å². The lowest BCUT2D eigenvalue weighted by molar-refractivity contribution is -0.175. The van der Waals surface area contributed by atoms with E-state index in [2.05, 4.69) is 15.4 Å². The van der Waals surface area contributed by atoms with Crippen molar-refractivity contribution in [2.24, 2.45) is 0 Å². The molecule has 158 valence electrons. The maximum Gasteiger partial charge on any atom is 0.411 e. The number of amides is 2. The Bertz CT molecular complexity index is 653. The highest BCUT2D eigenvalue weighted by Gasteiger charge is 2.27. The van der Waals surface area contributed by atoms with Crippen molar-refractivity contribution < 1.29 is 37.0 Å². The van der Waals surface area contributed by atoms with Crippen LogP contribution < -0.4 is 20.1 Å². The van der Waals surface area contributed by atoms with E-state index in [0.717, 1.165) is 0 Å². The molecule has 0 saturated carbocycles. The van der Waals surface area contributed by atoms with Gasteiger partial charge in [-0.1, -0.05) is 0 Å². The summed E-state index contributed by atoms with van der Waals surface area (Å²) in [4.78, 5) is 24.0. The topological polar surface area (TPSA) is 85.9 Å². The van der Waals surface area contributed by atoms with Crippen LogP contribution >= 0.6 is 0 Å². The van der Waals surface area contributed by atoms with Crippen molar-refractivity contribution in [2.75, 3.05) is 33.0 Å². The van der Waals surface area contributed by atoms with Gasteiger partial charge in [0.15, 0.2) is 11.5 Å². The second-order valence-electron chi connectivity index (χ2n) is 5.81. The van der Waals surface area contributed by atoms with Crippen LogP contribution in [-0.4, -0.2) is 57.0 Å². The largest absolute Gasteiger partial charge is 0.490 e. The molecule has 0 radical (unpaired) electrons. The molecule has 0 aliphatic heterocycles. The summed E-state index contributed by atoms with van der Waals surface area (Å²) in [5, 5.41) is 4.88. The zero-order valence-electron chi connectivity index (χ0n) is 16.0. The molecule has 1 aromatic carbocycles. The van der Waals surface area contributed by atoms with E-state index >= 15 is 0 Å². The molecule has 1 rings (SSSR count). The lowest BCUT2D eigenvalue weighted by atomic mass is 10.2. The van der Waals surface area contributed by atoms with Gasteiger partial charge in [0.2, 0.25) is 5.91 Å². The fourth-order valence-corrected chi connectivity index (χ4v) is 2.17. The molecular weight excluding hydrogens is 381 g/mol. The number of ether oxygens (including phenoxy) is 3. The monoisotopic (exact) mass is 406 g/mol. The molecule has 0 spiro atoms. The highest BCUT2D eigenvalue weighted by molar-refractivity contribution is 5.97. The van der Waals surface area contributed by atoms with Gasteiger partial charge in [-0.15, -0.1) is 0 Å². The molecule has 0 heterocycles. The Kier molecular flexibility index (Phi) is 9.57. The third-order valence-corrected chi connectivity index (χ3v) is 3.26. The number of nitrogens with one attached hydrogen (secondary N) is 2. The fourth-order valence-electron chi connectivity index (χ4n) is 2.17. The van der Waals surface area contributed by atoms with E-state index in [1.807, 2.05) is 6.92 Å². The van der Waals surface area contributed by atoms with E-state index in [1.165, 1.54) is 19.1 Å². The van der Waals surface area contributed by atoms with Gasteiger partial charge in [-0.3, -0.25) is 9.59 Å². The number of hydrogen-bond donors (Lipinski definition) is 2. The fraction of sp³-hybridized carbons (Fsp3) is 0.556. The molecular formula is C18H25F3N2O5. The van der Waals surface area contributed by atoms with Crippen molar-refractivity contribution in [3.05, 3.63) is 23.8 Å². The van der Waals surface area contributed by atoms with Crippen molar-refractivity contribution in [1.82, 2.24) is 10.6 Å². The minimum Gasteiger partial charge on any atom is -0.490 e. The number of rotatable bonds is 11. The predicted octanol–water partition coefficient (Wildman–Crippen LogP) is 2.30. The summed E-state index contributed by atoms with van der Waals surface area (Å²) in [6.45, 7) is 3.94. The highest BCUT2D eigenvalue weighted by atomic mass is 19.4. The van der Waals surface area contributed by atoms with Crippen molar-refractivity contribution in [1.29, 1.82) is 0 Å². The van der Waals surface area contributed by atoms with Crippen molar-refractivity contribution in [2.45, 2.75) is 33.0 Å². The van der Waals surface area contributed by atoms with Crippen LogP contribution in [0.4, 0.5) is 13.2 Å². The summed E-state index contributed by atoms with van der Waals surface area (Å²) in [6, 6.07) is 4.01. The molecule has 0 bridgehead atoms. The van der Waals surface area contributed by atoms with Crippen LogP contribution in [0.1, 0.15) is 31.1 Å². The van der Waals surface area contributed by atoms with Gasteiger partial charge >= 0.3 is 6.18 Å². The Balaban J connectivity index is 2.50. The molecule has 28 heavy (non-hydrogen) atoms. The van der Waals surface area contributed by atoms with Gasteiger partial charge in [-0.25, -0.2) is 0 Å². The van der Waals surface area contributed by atoms with E-state index in [9.17, 15) is 22.8 Å².